The Hall–Kier alpha value is -5.66. The van der Waals surface area contributed by atoms with E-state index in [-0.39, 0.29) is 0 Å². The van der Waals surface area contributed by atoms with E-state index in [1.807, 2.05) is 12.1 Å². The normalized spacial score (nSPS) is 11.6. The average molecular weight is 567 g/mol. The van der Waals surface area contributed by atoms with Crippen molar-refractivity contribution in [3.05, 3.63) is 137 Å². The van der Waals surface area contributed by atoms with E-state index in [1.165, 1.54) is 43.8 Å². The summed E-state index contributed by atoms with van der Waals surface area (Å²) in [7, 11) is 0. The molecule has 5 aromatic carbocycles. The largest absolute Gasteiger partial charge is 0.307 e. The van der Waals surface area contributed by atoms with Gasteiger partial charge in [0.1, 0.15) is 0 Å². The van der Waals surface area contributed by atoms with Gasteiger partial charge >= 0.3 is 0 Å². The summed E-state index contributed by atoms with van der Waals surface area (Å²) >= 11 is 0. The van der Waals surface area contributed by atoms with Crippen LogP contribution in [0.2, 0.25) is 0 Å². The molecule has 0 aliphatic rings. The Morgan fingerprint density at radius 2 is 0.886 bits per heavy atom. The van der Waals surface area contributed by atoms with Crippen LogP contribution in [-0.2, 0) is 0 Å². The van der Waals surface area contributed by atoms with Gasteiger partial charge in [0, 0.05) is 39.5 Å². The van der Waals surface area contributed by atoms with E-state index in [0.717, 1.165) is 44.6 Å². The van der Waals surface area contributed by atoms with Crippen molar-refractivity contribution in [2.24, 2.45) is 0 Å². The molecule has 210 valence electrons. The summed E-state index contributed by atoms with van der Waals surface area (Å²) in [6, 6.07) is 37.5. The van der Waals surface area contributed by atoms with Gasteiger partial charge in [0.05, 0.1) is 45.1 Å². The van der Waals surface area contributed by atoms with Crippen molar-refractivity contribution in [3.8, 4) is 28.6 Å². The molecule has 0 bridgehead atoms. The summed E-state index contributed by atoms with van der Waals surface area (Å²) < 4.78 is 4.72. The van der Waals surface area contributed by atoms with Crippen LogP contribution in [0.3, 0.4) is 0 Å². The molecule has 0 N–H and O–H groups in total. The number of nitrogens with zero attached hydrogens (tertiary/aromatic N) is 4. The zero-order valence-electron chi connectivity index (χ0n) is 25.2. The van der Waals surface area contributed by atoms with Crippen molar-refractivity contribution >= 4 is 43.6 Å². The van der Waals surface area contributed by atoms with Crippen LogP contribution < -0.4 is 0 Å². The van der Waals surface area contributed by atoms with Crippen LogP contribution in [0.1, 0.15) is 27.8 Å². The van der Waals surface area contributed by atoms with Gasteiger partial charge in [0.25, 0.3) is 0 Å². The van der Waals surface area contributed by atoms with E-state index >= 15 is 0 Å². The molecule has 0 aliphatic heterocycles. The smallest absolute Gasteiger partial charge is 0.0998 e. The van der Waals surface area contributed by atoms with Crippen molar-refractivity contribution in [3.63, 3.8) is 0 Å². The maximum Gasteiger partial charge on any atom is 0.0998 e. The zero-order valence-corrected chi connectivity index (χ0v) is 25.2. The molecule has 44 heavy (non-hydrogen) atoms. The molecular formula is C40H30N4. The Morgan fingerprint density at radius 1 is 0.500 bits per heavy atom. The monoisotopic (exact) mass is 566 g/mol. The molecule has 0 aliphatic carbocycles. The number of rotatable bonds is 3. The molecule has 0 atom stereocenters. The van der Waals surface area contributed by atoms with Crippen molar-refractivity contribution in [1.29, 1.82) is 5.26 Å². The molecule has 8 aromatic rings. The minimum absolute atomic E-state index is 0.622. The lowest BCUT2D eigenvalue weighted by Gasteiger charge is -2.19. The van der Waals surface area contributed by atoms with Crippen LogP contribution in [-0.4, -0.2) is 14.1 Å². The van der Waals surface area contributed by atoms with E-state index < -0.39 is 0 Å². The topological polar surface area (TPSA) is 46.5 Å². The van der Waals surface area contributed by atoms with Gasteiger partial charge in [-0.2, -0.15) is 5.26 Å². The van der Waals surface area contributed by atoms with Gasteiger partial charge in [-0.15, -0.1) is 0 Å². The third-order valence-corrected chi connectivity index (χ3v) is 8.86. The molecule has 0 amide bonds. The minimum atomic E-state index is 0.622. The summed E-state index contributed by atoms with van der Waals surface area (Å²) in [6.07, 6.45) is 3.57. The Kier molecular flexibility index (Phi) is 5.73. The first kappa shape index (κ1) is 26.0. The number of aromatic nitrogens is 3. The number of hydrogen-bond acceptors (Lipinski definition) is 2. The summed E-state index contributed by atoms with van der Waals surface area (Å²) in [5, 5.41) is 15.4. The van der Waals surface area contributed by atoms with E-state index in [1.54, 1.807) is 12.4 Å². The summed E-state index contributed by atoms with van der Waals surface area (Å²) in [5.41, 5.74) is 13.8. The highest BCUT2D eigenvalue weighted by atomic mass is 15.1. The second kappa shape index (κ2) is 9.69. The number of pyridine rings is 1. The molecule has 3 heterocycles. The fraction of sp³-hybridized carbons (Fsp3) is 0.100. The molecule has 8 rings (SSSR count). The van der Waals surface area contributed by atoms with Gasteiger partial charge in [0.2, 0.25) is 0 Å². The van der Waals surface area contributed by atoms with Crippen LogP contribution in [0.4, 0.5) is 0 Å². The van der Waals surface area contributed by atoms with Gasteiger partial charge in [0.15, 0.2) is 0 Å². The molecule has 0 radical (unpaired) electrons. The zero-order chi connectivity index (χ0) is 30.1. The van der Waals surface area contributed by atoms with Gasteiger partial charge in [-0.3, -0.25) is 4.98 Å². The Morgan fingerprint density at radius 3 is 1.27 bits per heavy atom. The van der Waals surface area contributed by atoms with Crippen LogP contribution in [0.5, 0.6) is 0 Å². The van der Waals surface area contributed by atoms with Crippen LogP contribution in [0, 0.1) is 39.0 Å². The predicted octanol–water partition coefficient (Wildman–Crippen LogP) is 10.0. The second-order valence-electron chi connectivity index (χ2n) is 12.0. The third kappa shape index (κ3) is 3.87. The van der Waals surface area contributed by atoms with Crippen molar-refractivity contribution in [2.75, 3.05) is 0 Å². The second-order valence-corrected chi connectivity index (χ2v) is 12.0. The molecule has 3 aromatic heterocycles. The summed E-state index contributed by atoms with van der Waals surface area (Å²) in [6.45, 7) is 8.58. The minimum Gasteiger partial charge on any atom is -0.307 e. The first-order valence-corrected chi connectivity index (χ1v) is 14.9. The number of fused-ring (bicyclic) bond motifs is 6. The van der Waals surface area contributed by atoms with E-state index in [2.05, 4.69) is 133 Å². The highest BCUT2D eigenvalue weighted by molar-refractivity contribution is 6.12. The number of benzene rings is 5. The standard InChI is InChI=1S/C40H30N4/c1-24-5-9-35-31(17-24)32-18-25(2)6-10-36(32)43(35)39-21-29(23-41)30(28-13-15-42-16-14-28)22-40(39)44-37-11-7-26(3)19-33(37)34-20-27(4)8-12-38(34)44/h5-22H,1-4H3. The van der Waals surface area contributed by atoms with Crippen molar-refractivity contribution in [2.45, 2.75) is 27.7 Å². The molecule has 0 saturated carbocycles. The van der Waals surface area contributed by atoms with Crippen LogP contribution in [0.15, 0.2) is 109 Å². The van der Waals surface area contributed by atoms with Gasteiger partial charge in [-0.05, 0) is 106 Å². The lowest BCUT2D eigenvalue weighted by molar-refractivity contribution is 1.09. The summed E-state index contributed by atoms with van der Waals surface area (Å²) in [5.74, 6) is 0. The van der Waals surface area contributed by atoms with Crippen molar-refractivity contribution < 1.29 is 0 Å². The molecule has 0 fully saturated rings. The quantitative estimate of drug-likeness (QED) is 0.214. The Bertz CT molecular complexity index is 2370. The maximum atomic E-state index is 10.5. The van der Waals surface area contributed by atoms with Crippen LogP contribution in [0.25, 0.3) is 66.1 Å². The molecule has 0 saturated heterocycles. The van der Waals surface area contributed by atoms with E-state index in [9.17, 15) is 5.26 Å². The first-order valence-electron chi connectivity index (χ1n) is 14.9. The fourth-order valence-electron chi connectivity index (χ4n) is 6.82. The highest BCUT2D eigenvalue weighted by Gasteiger charge is 2.22. The Labute approximate surface area is 256 Å². The highest BCUT2D eigenvalue weighted by Crippen LogP contribution is 2.41. The number of aryl methyl sites for hydroxylation is 4. The predicted molar refractivity (Wildman–Crippen MR) is 182 cm³/mol. The SMILES string of the molecule is Cc1ccc2c(c1)c1cc(C)ccc1n2-c1cc(C#N)c(-c2ccncc2)cc1-n1c2ccc(C)cc2c2cc(C)ccc21. The molecular weight excluding hydrogens is 536 g/mol. The third-order valence-electron chi connectivity index (χ3n) is 8.86. The lowest BCUT2D eigenvalue weighted by Crippen LogP contribution is -2.05. The molecule has 4 nitrogen and oxygen atoms in total. The van der Waals surface area contributed by atoms with Gasteiger partial charge < -0.3 is 9.13 Å². The summed E-state index contributed by atoms with van der Waals surface area (Å²) in [4.78, 5) is 4.25. The van der Waals surface area contributed by atoms with Gasteiger partial charge in [-0.25, -0.2) is 0 Å². The van der Waals surface area contributed by atoms with Crippen LogP contribution >= 0.6 is 0 Å². The maximum absolute atomic E-state index is 10.5. The lowest BCUT2D eigenvalue weighted by atomic mass is 9.99. The number of hydrogen-bond donors (Lipinski definition) is 0. The number of nitriles is 1. The first-order chi connectivity index (χ1) is 21.4. The van der Waals surface area contributed by atoms with E-state index in [0.29, 0.717) is 5.56 Å². The van der Waals surface area contributed by atoms with E-state index in [4.69, 9.17) is 0 Å². The average Bonchev–Trinajstić information content (AvgIpc) is 3.51. The molecule has 4 heteroatoms. The molecule has 0 unspecified atom stereocenters. The van der Waals surface area contributed by atoms with Crippen molar-refractivity contribution in [1.82, 2.24) is 14.1 Å². The molecule has 0 spiro atoms. The fourth-order valence-corrected chi connectivity index (χ4v) is 6.82. The Balaban J connectivity index is 1.59. The van der Waals surface area contributed by atoms with Gasteiger partial charge in [-0.1, -0.05) is 46.5 Å².